The molecule has 3 aromatic rings. The van der Waals surface area contributed by atoms with Crippen LogP contribution < -0.4 is 10.4 Å². The number of carbonyl (C=O) groups is 1. The molecule has 0 bridgehead atoms. The second-order valence-corrected chi connectivity index (χ2v) is 5.90. The number of anilines is 2. The van der Waals surface area contributed by atoms with Crippen LogP contribution in [0.5, 0.6) is 5.75 Å². The van der Waals surface area contributed by atoms with E-state index < -0.39 is 11.7 Å². The van der Waals surface area contributed by atoms with E-state index in [1.807, 2.05) is 36.6 Å². The summed E-state index contributed by atoms with van der Waals surface area (Å²) >= 11 is 1.42. The third-order valence-corrected chi connectivity index (χ3v) is 4.07. The zero-order valence-electron chi connectivity index (χ0n) is 12.2. The molecule has 1 heterocycles. The van der Waals surface area contributed by atoms with Crippen LogP contribution in [0.4, 0.5) is 10.8 Å². The molecule has 0 saturated heterocycles. The highest BCUT2D eigenvalue weighted by Gasteiger charge is 2.07. The lowest BCUT2D eigenvalue weighted by Gasteiger charge is -2.12. The Balaban J connectivity index is 1.80. The molecule has 0 radical (unpaired) electrons. The minimum absolute atomic E-state index is 0.241. The van der Waals surface area contributed by atoms with Gasteiger partial charge in [0.05, 0.1) is 11.3 Å². The van der Waals surface area contributed by atoms with Gasteiger partial charge in [0.2, 0.25) is 0 Å². The zero-order valence-corrected chi connectivity index (χ0v) is 13.1. The highest BCUT2D eigenvalue weighted by molar-refractivity contribution is 7.14. The molecule has 2 N–H and O–H groups in total. The Kier molecular flexibility index (Phi) is 3.99. The summed E-state index contributed by atoms with van der Waals surface area (Å²) in [6, 6.07) is 12.2. The van der Waals surface area contributed by atoms with Gasteiger partial charge in [-0.1, -0.05) is 35.6 Å². The number of hydrogen-bond acceptors (Lipinski definition) is 5. The van der Waals surface area contributed by atoms with Crippen LogP contribution in [0.15, 0.2) is 47.8 Å². The molecule has 0 saturated carbocycles. The molecule has 0 aliphatic rings. The Labute approximate surface area is 136 Å². The molecular formula is C17H13N2O3S-. The number of hydrogen-bond donors (Lipinski definition) is 2. The Morgan fingerprint density at radius 3 is 2.61 bits per heavy atom. The van der Waals surface area contributed by atoms with E-state index in [0.29, 0.717) is 10.8 Å². The van der Waals surface area contributed by atoms with Crippen LogP contribution in [-0.4, -0.2) is 16.1 Å². The van der Waals surface area contributed by atoms with Crippen molar-refractivity contribution in [3.05, 3.63) is 59.0 Å². The first-order valence-corrected chi connectivity index (χ1v) is 7.75. The largest absolute Gasteiger partial charge is 0.872 e. The van der Waals surface area contributed by atoms with E-state index in [0.717, 1.165) is 11.3 Å². The zero-order chi connectivity index (χ0) is 16.4. The van der Waals surface area contributed by atoms with E-state index in [2.05, 4.69) is 10.3 Å². The minimum Gasteiger partial charge on any atom is -0.872 e. The Morgan fingerprint density at radius 2 is 1.96 bits per heavy atom. The second kappa shape index (κ2) is 6.10. The second-order valence-electron chi connectivity index (χ2n) is 5.05. The summed E-state index contributed by atoms with van der Waals surface area (Å²) in [5, 5.41) is 26.2. The standard InChI is InChI=1S/C17H14N2O3S/c1-10-2-4-11(5-3-10)14-9-23-17(19-14)18-12-6-7-13(16(21)22)15(20)8-12/h2-9,20H,1H3,(H,18,19)(H,21,22)/p-1. The van der Waals surface area contributed by atoms with Gasteiger partial charge in [-0.05, 0) is 25.1 Å². The number of carboxylic acids is 1. The molecule has 3 rings (SSSR count). The molecule has 23 heavy (non-hydrogen) atoms. The first kappa shape index (κ1) is 15.1. The van der Waals surface area contributed by atoms with Gasteiger partial charge in [0.1, 0.15) is 0 Å². The molecule has 0 aliphatic carbocycles. The van der Waals surface area contributed by atoms with E-state index in [4.69, 9.17) is 5.11 Å². The number of thiazole rings is 1. The summed E-state index contributed by atoms with van der Waals surface area (Å²) in [5.41, 5.74) is 3.33. The third kappa shape index (κ3) is 3.32. The van der Waals surface area contributed by atoms with Crippen LogP contribution in [0.3, 0.4) is 0 Å². The molecule has 5 nitrogen and oxygen atoms in total. The maximum Gasteiger partial charge on any atom is 0.335 e. The molecule has 0 amide bonds. The molecule has 2 aromatic carbocycles. The van der Waals surface area contributed by atoms with Gasteiger partial charge in [0.15, 0.2) is 5.13 Å². The number of aromatic nitrogens is 1. The minimum atomic E-state index is -1.22. The summed E-state index contributed by atoms with van der Waals surface area (Å²) in [6.07, 6.45) is 0. The van der Waals surface area contributed by atoms with Crippen molar-refractivity contribution in [2.24, 2.45) is 0 Å². The summed E-state index contributed by atoms with van der Waals surface area (Å²) in [5.74, 6) is -1.75. The summed E-state index contributed by atoms with van der Waals surface area (Å²) in [6.45, 7) is 2.03. The molecule has 0 aliphatic heterocycles. The van der Waals surface area contributed by atoms with Crippen LogP contribution >= 0.6 is 11.3 Å². The van der Waals surface area contributed by atoms with E-state index in [9.17, 15) is 9.90 Å². The molecule has 1 aromatic heterocycles. The van der Waals surface area contributed by atoms with Gasteiger partial charge in [-0.3, -0.25) is 0 Å². The van der Waals surface area contributed by atoms with Crippen molar-refractivity contribution in [1.29, 1.82) is 0 Å². The van der Waals surface area contributed by atoms with Gasteiger partial charge < -0.3 is 15.5 Å². The SMILES string of the molecule is Cc1ccc(-c2csc(Nc3ccc(C(=O)O)c([O-])c3)n2)cc1. The lowest BCUT2D eigenvalue weighted by Crippen LogP contribution is -2.04. The summed E-state index contributed by atoms with van der Waals surface area (Å²) in [7, 11) is 0. The fourth-order valence-corrected chi connectivity index (χ4v) is 2.83. The van der Waals surface area contributed by atoms with E-state index in [-0.39, 0.29) is 5.56 Å². The fourth-order valence-electron chi connectivity index (χ4n) is 2.09. The average Bonchev–Trinajstić information content (AvgIpc) is 2.96. The number of nitrogens with zero attached hydrogens (tertiary/aromatic N) is 1. The molecule has 116 valence electrons. The Bertz CT molecular complexity index is 857. The van der Waals surface area contributed by atoms with Gasteiger partial charge in [0, 0.05) is 16.6 Å². The van der Waals surface area contributed by atoms with Crippen molar-refractivity contribution in [2.45, 2.75) is 6.92 Å². The molecule has 0 fully saturated rings. The smallest absolute Gasteiger partial charge is 0.335 e. The van der Waals surface area contributed by atoms with Crippen molar-refractivity contribution < 1.29 is 15.0 Å². The third-order valence-electron chi connectivity index (χ3n) is 3.31. The predicted octanol–water partition coefficient (Wildman–Crippen LogP) is 3.63. The first-order valence-electron chi connectivity index (χ1n) is 6.87. The van der Waals surface area contributed by atoms with Gasteiger partial charge in [-0.15, -0.1) is 11.3 Å². The molecule has 0 unspecified atom stereocenters. The number of carboxylic acid groups (broad SMARTS) is 1. The molecule has 0 spiro atoms. The predicted molar refractivity (Wildman–Crippen MR) is 88.4 cm³/mol. The lowest BCUT2D eigenvalue weighted by atomic mass is 10.1. The molecule has 0 atom stereocenters. The van der Waals surface area contributed by atoms with Crippen molar-refractivity contribution >= 4 is 28.1 Å². The van der Waals surface area contributed by atoms with Gasteiger partial charge in [-0.2, -0.15) is 0 Å². The van der Waals surface area contributed by atoms with Crippen molar-refractivity contribution in [2.75, 3.05) is 5.32 Å². The number of aromatic carboxylic acids is 1. The Morgan fingerprint density at radius 1 is 1.22 bits per heavy atom. The fraction of sp³-hybridized carbons (Fsp3) is 0.0588. The Hall–Kier alpha value is -2.86. The topological polar surface area (TPSA) is 85.3 Å². The number of benzene rings is 2. The maximum absolute atomic E-state index is 11.7. The van der Waals surface area contributed by atoms with Gasteiger partial charge >= 0.3 is 5.97 Å². The van der Waals surface area contributed by atoms with Gasteiger partial charge in [-0.25, -0.2) is 9.78 Å². The highest BCUT2D eigenvalue weighted by Crippen LogP contribution is 2.28. The van der Waals surface area contributed by atoms with Crippen LogP contribution in [-0.2, 0) is 0 Å². The average molecular weight is 325 g/mol. The summed E-state index contributed by atoms with van der Waals surface area (Å²) in [4.78, 5) is 15.3. The van der Waals surface area contributed by atoms with E-state index >= 15 is 0 Å². The van der Waals surface area contributed by atoms with Crippen LogP contribution in [0.25, 0.3) is 11.3 Å². The van der Waals surface area contributed by atoms with Crippen LogP contribution in [0.1, 0.15) is 15.9 Å². The monoisotopic (exact) mass is 325 g/mol. The van der Waals surface area contributed by atoms with Crippen molar-refractivity contribution in [1.82, 2.24) is 4.98 Å². The van der Waals surface area contributed by atoms with Crippen molar-refractivity contribution in [3.8, 4) is 17.0 Å². The number of aryl methyl sites for hydroxylation is 1. The van der Waals surface area contributed by atoms with E-state index in [1.54, 1.807) is 6.07 Å². The van der Waals surface area contributed by atoms with Gasteiger partial charge in [0.25, 0.3) is 0 Å². The number of rotatable bonds is 4. The molecular weight excluding hydrogens is 312 g/mol. The lowest BCUT2D eigenvalue weighted by molar-refractivity contribution is -0.268. The van der Waals surface area contributed by atoms with Crippen molar-refractivity contribution in [3.63, 3.8) is 0 Å². The van der Waals surface area contributed by atoms with Crippen LogP contribution in [0, 0.1) is 6.92 Å². The van der Waals surface area contributed by atoms with Crippen LogP contribution in [0.2, 0.25) is 0 Å². The molecule has 6 heteroatoms. The first-order chi connectivity index (χ1) is 11.0. The quantitative estimate of drug-likeness (QED) is 0.765. The van der Waals surface area contributed by atoms with E-state index in [1.165, 1.54) is 29.0 Å². The normalized spacial score (nSPS) is 10.5. The number of nitrogens with one attached hydrogen (secondary N) is 1. The summed E-state index contributed by atoms with van der Waals surface area (Å²) < 4.78 is 0. The highest BCUT2D eigenvalue weighted by atomic mass is 32.1. The maximum atomic E-state index is 11.7.